The van der Waals surface area contributed by atoms with Crippen LogP contribution in [-0.2, 0) is 11.2 Å². The average Bonchev–Trinajstić information content (AvgIpc) is 2.20. The molecule has 0 atom stereocenters. The van der Waals surface area contributed by atoms with Gasteiger partial charge in [-0.3, -0.25) is 4.79 Å². The molecule has 0 heterocycles. The molecule has 0 saturated carbocycles. The molecule has 1 aromatic carbocycles. The molecule has 0 fully saturated rings. The predicted molar refractivity (Wildman–Crippen MR) is 64.6 cm³/mol. The lowest BCUT2D eigenvalue weighted by Gasteiger charge is -2.01. The van der Waals surface area contributed by atoms with E-state index in [0.717, 1.165) is 12.0 Å². The Bertz CT molecular complexity index is 383. The lowest BCUT2D eigenvalue weighted by molar-refractivity contribution is -0.114. The molecule has 0 aliphatic rings. The van der Waals surface area contributed by atoms with Crippen LogP contribution in [0, 0.1) is 0 Å². The number of allylic oxidation sites excluding steroid dienone is 2. The van der Waals surface area contributed by atoms with Gasteiger partial charge in [0.25, 0.3) is 0 Å². The highest BCUT2D eigenvalue weighted by atomic mass is 35.5. The van der Waals surface area contributed by atoms with Gasteiger partial charge in [-0.15, -0.1) is 0 Å². The first-order valence-corrected chi connectivity index (χ1v) is 5.52. The van der Waals surface area contributed by atoms with E-state index in [0.29, 0.717) is 16.5 Å². The standard InChI is InChI=1S/C12H12Cl2O/c1-2-3-4-11(15)8-9-7-10(13)5-6-12(9)14/h3-7H,2,8H2,1H3/b4-3+. The molecule has 3 heteroatoms. The number of hydrogen-bond donors (Lipinski definition) is 0. The van der Waals surface area contributed by atoms with Gasteiger partial charge in [0.05, 0.1) is 0 Å². The third-order valence-corrected chi connectivity index (χ3v) is 2.52. The van der Waals surface area contributed by atoms with E-state index in [9.17, 15) is 4.79 Å². The summed E-state index contributed by atoms with van der Waals surface area (Å²) in [6.07, 6.45) is 4.57. The third kappa shape index (κ3) is 4.06. The fraction of sp³-hybridized carbons (Fsp3) is 0.250. The van der Waals surface area contributed by atoms with Gasteiger partial charge in [-0.05, 0) is 36.3 Å². The predicted octanol–water partition coefficient (Wildman–Crippen LogP) is 4.07. The van der Waals surface area contributed by atoms with Crippen LogP contribution < -0.4 is 0 Å². The van der Waals surface area contributed by atoms with Crippen molar-refractivity contribution in [1.29, 1.82) is 0 Å². The Morgan fingerprint density at radius 1 is 1.40 bits per heavy atom. The number of halogens is 2. The Morgan fingerprint density at radius 2 is 2.13 bits per heavy atom. The van der Waals surface area contributed by atoms with Crippen molar-refractivity contribution in [3.05, 3.63) is 46.0 Å². The highest BCUT2D eigenvalue weighted by Crippen LogP contribution is 2.21. The Kier molecular flexibility index (Phi) is 4.86. The van der Waals surface area contributed by atoms with Crippen molar-refractivity contribution < 1.29 is 4.79 Å². The van der Waals surface area contributed by atoms with E-state index in [1.807, 2.05) is 13.0 Å². The number of carbonyl (C=O) groups excluding carboxylic acids is 1. The molecule has 0 aliphatic heterocycles. The molecule has 0 spiro atoms. The van der Waals surface area contributed by atoms with Crippen LogP contribution >= 0.6 is 23.2 Å². The molecular weight excluding hydrogens is 231 g/mol. The van der Waals surface area contributed by atoms with Crippen LogP contribution in [0.3, 0.4) is 0 Å². The summed E-state index contributed by atoms with van der Waals surface area (Å²) < 4.78 is 0. The minimum Gasteiger partial charge on any atom is -0.294 e. The molecule has 1 rings (SSSR count). The Morgan fingerprint density at radius 3 is 2.80 bits per heavy atom. The van der Waals surface area contributed by atoms with Crippen LogP contribution in [-0.4, -0.2) is 5.78 Å². The monoisotopic (exact) mass is 242 g/mol. The van der Waals surface area contributed by atoms with Crippen molar-refractivity contribution in [2.24, 2.45) is 0 Å². The summed E-state index contributed by atoms with van der Waals surface area (Å²) in [5, 5.41) is 1.18. The second-order valence-electron chi connectivity index (χ2n) is 3.19. The van der Waals surface area contributed by atoms with Crippen LogP contribution in [0.25, 0.3) is 0 Å². The van der Waals surface area contributed by atoms with Crippen molar-refractivity contribution >= 4 is 29.0 Å². The maximum absolute atomic E-state index is 11.4. The average molecular weight is 243 g/mol. The molecule has 0 saturated heterocycles. The summed E-state index contributed by atoms with van der Waals surface area (Å²) in [7, 11) is 0. The number of hydrogen-bond acceptors (Lipinski definition) is 1. The Hall–Kier alpha value is -0.790. The summed E-state index contributed by atoms with van der Waals surface area (Å²) in [4.78, 5) is 11.4. The van der Waals surface area contributed by atoms with Gasteiger partial charge >= 0.3 is 0 Å². The van der Waals surface area contributed by atoms with Crippen molar-refractivity contribution in [1.82, 2.24) is 0 Å². The van der Waals surface area contributed by atoms with Gasteiger partial charge < -0.3 is 0 Å². The van der Waals surface area contributed by atoms with Crippen LogP contribution in [0.4, 0.5) is 0 Å². The molecule has 0 aliphatic carbocycles. The first kappa shape index (κ1) is 12.3. The lowest BCUT2D eigenvalue weighted by Crippen LogP contribution is -1.99. The van der Waals surface area contributed by atoms with E-state index in [1.54, 1.807) is 24.3 Å². The maximum Gasteiger partial charge on any atom is 0.159 e. The highest BCUT2D eigenvalue weighted by Gasteiger charge is 2.05. The smallest absolute Gasteiger partial charge is 0.159 e. The normalized spacial score (nSPS) is 10.9. The second kappa shape index (κ2) is 5.94. The molecule has 0 unspecified atom stereocenters. The molecule has 1 nitrogen and oxygen atoms in total. The van der Waals surface area contributed by atoms with E-state index in [1.165, 1.54) is 0 Å². The van der Waals surface area contributed by atoms with Crippen LogP contribution in [0.2, 0.25) is 10.0 Å². The van der Waals surface area contributed by atoms with Gasteiger partial charge in [-0.2, -0.15) is 0 Å². The van der Waals surface area contributed by atoms with E-state index in [4.69, 9.17) is 23.2 Å². The van der Waals surface area contributed by atoms with Gasteiger partial charge in [-0.1, -0.05) is 36.2 Å². The molecular formula is C12H12Cl2O. The fourth-order valence-electron chi connectivity index (χ4n) is 1.17. The maximum atomic E-state index is 11.4. The topological polar surface area (TPSA) is 17.1 Å². The quantitative estimate of drug-likeness (QED) is 0.728. The summed E-state index contributed by atoms with van der Waals surface area (Å²) >= 11 is 11.8. The number of ketones is 1. The van der Waals surface area contributed by atoms with Gasteiger partial charge in [0.15, 0.2) is 5.78 Å². The van der Waals surface area contributed by atoms with Crippen molar-refractivity contribution in [3.8, 4) is 0 Å². The molecule has 0 bridgehead atoms. The molecule has 0 radical (unpaired) electrons. The zero-order valence-corrected chi connectivity index (χ0v) is 9.98. The minimum absolute atomic E-state index is 0.0426. The van der Waals surface area contributed by atoms with E-state index < -0.39 is 0 Å². The molecule has 0 aromatic heterocycles. The van der Waals surface area contributed by atoms with E-state index in [-0.39, 0.29) is 5.78 Å². The summed E-state index contributed by atoms with van der Waals surface area (Å²) in [5.74, 6) is 0.0426. The summed E-state index contributed by atoms with van der Waals surface area (Å²) in [6, 6.07) is 5.14. The van der Waals surface area contributed by atoms with Crippen LogP contribution in [0.15, 0.2) is 30.4 Å². The highest BCUT2D eigenvalue weighted by molar-refractivity contribution is 6.33. The Labute approximate surface area is 99.7 Å². The molecule has 1 aromatic rings. The molecule has 0 N–H and O–H groups in total. The Balaban J connectivity index is 2.76. The van der Waals surface area contributed by atoms with Crippen LogP contribution in [0.5, 0.6) is 0 Å². The first-order valence-electron chi connectivity index (χ1n) is 4.76. The van der Waals surface area contributed by atoms with Crippen molar-refractivity contribution in [2.45, 2.75) is 19.8 Å². The second-order valence-corrected chi connectivity index (χ2v) is 4.03. The first-order chi connectivity index (χ1) is 7.13. The number of carbonyl (C=O) groups is 1. The van der Waals surface area contributed by atoms with Crippen molar-refractivity contribution in [2.75, 3.05) is 0 Å². The van der Waals surface area contributed by atoms with Gasteiger partial charge in [-0.25, -0.2) is 0 Å². The van der Waals surface area contributed by atoms with Gasteiger partial charge in [0, 0.05) is 16.5 Å². The number of benzene rings is 1. The fourth-order valence-corrected chi connectivity index (χ4v) is 1.55. The van der Waals surface area contributed by atoms with Gasteiger partial charge in [0.2, 0.25) is 0 Å². The SMILES string of the molecule is CC/C=C/C(=O)Cc1cc(Cl)ccc1Cl. The number of rotatable bonds is 4. The van der Waals surface area contributed by atoms with Gasteiger partial charge in [0.1, 0.15) is 0 Å². The molecule has 15 heavy (non-hydrogen) atoms. The van der Waals surface area contributed by atoms with Crippen LogP contribution in [0.1, 0.15) is 18.9 Å². The van der Waals surface area contributed by atoms with Crippen molar-refractivity contribution in [3.63, 3.8) is 0 Å². The third-order valence-electron chi connectivity index (χ3n) is 1.91. The summed E-state index contributed by atoms with van der Waals surface area (Å²) in [5.41, 5.74) is 0.773. The largest absolute Gasteiger partial charge is 0.294 e. The zero-order chi connectivity index (χ0) is 11.3. The zero-order valence-electron chi connectivity index (χ0n) is 8.47. The summed E-state index contributed by atoms with van der Waals surface area (Å²) in [6.45, 7) is 1.98. The van der Waals surface area contributed by atoms with E-state index >= 15 is 0 Å². The lowest BCUT2D eigenvalue weighted by atomic mass is 10.1. The minimum atomic E-state index is 0.0426. The van der Waals surface area contributed by atoms with E-state index in [2.05, 4.69) is 0 Å². The molecule has 80 valence electrons. The molecule has 0 amide bonds.